The zero-order valence-corrected chi connectivity index (χ0v) is 19.8. The van der Waals surface area contributed by atoms with E-state index in [9.17, 15) is 23.2 Å². The molecule has 2 amide bonds. The minimum absolute atomic E-state index is 0.0220. The van der Waals surface area contributed by atoms with Crippen LogP contribution in [0.3, 0.4) is 0 Å². The Morgan fingerprint density at radius 3 is 2.30 bits per heavy atom. The van der Waals surface area contributed by atoms with E-state index >= 15 is 0 Å². The van der Waals surface area contributed by atoms with Crippen LogP contribution >= 0.6 is 0 Å². The first kappa shape index (κ1) is 24.9. The average molecular weight is 467 g/mol. The van der Waals surface area contributed by atoms with Crippen LogP contribution in [-0.2, 0) is 25.7 Å². The van der Waals surface area contributed by atoms with Crippen molar-refractivity contribution in [3.05, 3.63) is 35.9 Å². The molecule has 0 aromatic heterocycles. The molecule has 7 nitrogen and oxygen atoms in total. The average Bonchev–Trinajstić information content (AvgIpc) is 3.25. The number of amides is 2. The molecule has 0 N–H and O–H groups in total. The van der Waals surface area contributed by atoms with Crippen LogP contribution in [0.5, 0.6) is 0 Å². The van der Waals surface area contributed by atoms with Crippen molar-refractivity contribution < 1.29 is 32.6 Å². The Morgan fingerprint density at radius 2 is 1.70 bits per heavy atom. The second-order valence-electron chi connectivity index (χ2n) is 10.5. The van der Waals surface area contributed by atoms with Gasteiger partial charge in [0.05, 0.1) is 23.9 Å². The number of ether oxygens (including phenoxy) is 2. The molecule has 2 aliphatic rings. The third kappa shape index (κ3) is 5.81. The number of halogens is 2. The van der Waals surface area contributed by atoms with Gasteiger partial charge in [0.15, 0.2) is 0 Å². The second kappa shape index (κ2) is 8.91. The highest BCUT2D eigenvalue weighted by atomic mass is 19.3. The molecule has 2 fully saturated rings. The number of nitrogens with zero attached hydrogens (tertiary/aromatic N) is 2. The van der Waals surface area contributed by atoms with Gasteiger partial charge in [-0.1, -0.05) is 30.3 Å². The molecule has 0 saturated carbocycles. The molecule has 2 heterocycles. The van der Waals surface area contributed by atoms with E-state index in [0.717, 1.165) is 10.5 Å². The largest absolute Gasteiger partial charge is 0.460 e. The smallest absolute Gasteiger partial charge is 0.410 e. The van der Waals surface area contributed by atoms with Crippen molar-refractivity contribution in [1.29, 1.82) is 0 Å². The van der Waals surface area contributed by atoms with Crippen LogP contribution in [0.25, 0.3) is 0 Å². The number of hydrogen-bond acceptors (Lipinski definition) is 5. The molecule has 0 radical (unpaired) electrons. The summed E-state index contributed by atoms with van der Waals surface area (Å²) in [6, 6.07) is 8.13. The van der Waals surface area contributed by atoms with Gasteiger partial charge in [-0.05, 0) is 40.2 Å². The maximum absolute atomic E-state index is 14.7. The molecule has 1 aromatic rings. The minimum atomic E-state index is -3.13. The quantitative estimate of drug-likeness (QED) is 0.616. The minimum Gasteiger partial charge on any atom is -0.460 e. The normalized spacial score (nSPS) is 22.2. The van der Waals surface area contributed by atoms with Crippen molar-refractivity contribution in [3.63, 3.8) is 0 Å². The Hall–Kier alpha value is -2.71. The first-order valence-electron chi connectivity index (χ1n) is 11.1. The summed E-state index contributed by atoms with van der Waals surface area (Å²) in [4.78, 5) is 40.3. The highest BCUT2D eigenvalue weighted by Crippen LogP contribution is 2.43. The highest BCUT2D eigenvalue weighted by Gasteiger charge is 2.60. The van der Waals surface area contributed by atoms with Crippen molar-refractivity contribution in [2.45, 2.75) is 65.2 Å². The molecule has 2 saturated heterocycles. The summed E-state index contributed by atoms with van der Waals surface area (Å²) in [5.41, 5.74) is -1.06. The van der Waals surface area contributed by atoms with Gasteiger partial charge >= 0.3 is 12.1 Å². The molecule has 0 bridgehead atoms. The van der Waals surface area contributed by atoms with Crippen LogP contribution < -0.4 is 0 Å². The summed E-state index contributed by atoms with van der Waals surface area (Å²) in [6.45, 7) is 7.43. The van der Waals surface area contributed by atoms with Gasteiger partial charge in [-0.3, -0.25) is 14.5 Å². The van der Waals surface area contributed by atoms with E-state index < -0.39 is 53.4 Å². The van der Waals surface area contributed by atoms with Gasteiger partial charge in [-0.2, -0.15) is 0 Å². The molecule has 182 valence electrons. The maximum atomic E-state index is 14.7. The van der Waals surface area contributed by atoms with Crippen LogP contribution in [-0.4, -0.2) is 65.0 Å². The monoisotopic (exact) mass is 466 g/mol. The Labute approximate surface area is 193 Å². The maximum Gasteiger partial charge on any atom is 0.410 e. The summed E-state index contributed by atoms with van der Waals surface area (Å²) in [6.07, 6.45) is -1.000. The van der Waals surface area contributed by atoms with E-state index in [-0.39, 0.29) is 26.1 Å². The number of hydrogen-bond donors (Lipinski definition) is 0. The Balaban J connectivity index is 1.63. The van der Waals surface area contributed by atoms with Crippen LogP contribution in [0, 0.1) is 11.3 Å². The number of likely N-dealkylation sites (tertiary alicyclic amines) is 2. The SMILES string of the molecule is CC(C)(C)OC(=O)C(C)(C)CC(=O)N1C[C@@H]2[C@H](C1)N(C(=O)OCc1ccccc1)CC2(F)F. The Kier molecular flexibility index (Phi) is 6.73. The summed E-state index contributed by atoms with van der Waals surface area (Å²) >= 11 is 0. The number of fused-ring (bicyclic) bond motifs is 1. The first-order valence-corrected chi connectivity index (χ1v) is 11.1. The summed E-state index contributed by atoms with van der Waals surface area (Å²) in [7, 11) is 0. The molecular weight excluding hydrogens is 434 g/mol. The molecule has 3 rings (SSSR count). The number of carbonyl (C=O) groups is 3. The summed E-state index contributed by atoms with van der Waals surface area (Å²) in [5, 5.41) is 0. The zero-order valence-electron chi connectivity index (χ0n) is 19.8. The number of carbonyl (C=O) groups excluding carboxylic acids is 3. The molecule has 2 atom stereocenters. The lowest BCUT2D eigenvalue weighted by molar-refractivity contribution is -0.168. The zero-order chi connectivity index (χ0) is 24.6. The van der Waals surface area contributed by atoms with E-state index in [4.69, 9.17) is 9.47 Å². The van der Waals surface area contributed by atoms with Gasteiger partial charge in [-0.15, -0.1) is 0 Å². The fourth-order valence-corrected chi connectivity index (χ4v) is 4.16. The van der Waals surface area contributed by atoms with Gasteiger partial charge in [-0.25, -0.2) is 13.6 Å². The van der Waals surface area contributed by atoms with Gasteiger partial charge in [0.25, 0.3) is 5.92 Å². The number of benzene rings is 1. The van der Waals surface area contributed by atoms with Crippen LogP contribution in [0.2, 0.25) is 0 Å². The molecule has 9 heteroatoms. The van der Waals surface area contributed by atoms with E-state index in [1.54, 1.807) is 58.9 Å². The Bertz CT molecular complexity index is 898. The summed E-state index contributed by atoms with van der Waals surface area (Å²) in [5.74, 6) is -5.25. The van der Waals surface area contributed by atoms with E-state index in [2.05, 4.69) is 0 Å². The van der Waals surface area contributed by atoms with Crippen LogP contribution in [0.1, 0.15) is 46.6 Å². The molecule has 0 unspecified atom stereocenters. The van der Waals surface area contributed by atoms with Crippen LogP contribution in [0.4, 0.5) is 13.6 Å². The molecule has 0 spiro atoms. The van der Waals surface area contributed by atoms with E-state index in [1.807, 2.05) is 6.07 Å². The van der Waals surface area contributed by atoms with Crippen LogP contribution in [0.15, 0.2) is 30.3 Å². The third-order valence-corrected chi connectivity index (χ3v) is 5.95. The highest BCUT2D eigenvalue weighted by molar-refractivity contribution is 5.86. The summed E-state index contributed by atoms with van der Waals surface area (Å²) < 4.78 is 40.0. The van der Waals surface area contributed by atoms with Gasteiger partial charge in [0, 0.05) is 19.5 Å². The van der Waals surface area contributed by atoms with Gasteiger partial charge < -0.3 is 14.4 Å². The van der Waals surface area contributed by atoms with Crippen molar-refractivity contribution in [2.24, 2.45) is 11.3 Å². The Morgan fingerprint density at radius 1 is 1.06 bits per heavy atom. The molecular formula is C24H32F2N2O5. The topological polar surface area (TPSA) is 76.2 Å². The van der Waals surface area contributed by atoms with Gasteiger partial charge in [0.1, 0.15) is 12.2 Å². The van der Waals surface area contributed by atoms with E-state index in [1.165, 1.54) is 4.90 Å². The number of esters is 1. The lowest BCUT2D eigenvalue weighted by Gasteiger charge is -2.30. The fourth-order valence-electron chi connectivity index (χ4n) is 4.16. The van der Waals surface area contributed by atoms with Gasteiger partial charge in [0.2, 0.25) is 5.91 Å². The van der Waals surface area contributed by atoms with E-state index in [0.29, 0.717) is 0 Å². The molecule has 33 heavy (non-hydrogen) atoms. The predicted molar refractivity (Wildman–Crippen MR) is 116 cm³/mol. The molecule has 0 aliphatic carbocycles. The lowest BCUT2D eigenvalue weighted by Crippen LogP contribution is -2.43. The lowest BCUT2D eigenvalue weighted by atomic mass is 9.88. The third-order valence-electron chi connectivity index (χ3n) is 5.95. The molecule has 1 aromatic carbocycles. The van der Waals surface area contributed by atoms with Crippen molar-refractivity contribution in [3.8, 4) is 0 Å². The number of rotatable bonds is 5. The first-order chi connectivity index (χ1) is 15.2. The number of alkyl halides is 2. The predicted octanol–water partition coefficient (Wildman–Crippen LogP) is 3.86. The molecule has 2 aliphatic heterocycles. The fraction of sp³-hybridized carbons (Fsp3) is 0.625. The second-order valence-corrected chi connectivity index (χ2v) is 10.5. The van der Waals surface area contributed by atoms with Crippen molar-refractivity contribution in [1.82, 2.24) is 9.80 Å². The standard InChI is InChI=1S/C24H32F2N2O5/c1-22(2,3)33-20(30)23(4,5)11-19(29)27-12-17-18(13-27)28(15-24(17,25)26)21(31)32-14-16-9-7-6-8-10-16/h6-10,17-18H,11-15H2,1-5H3/t17-,18+/m1/s1. The van der Waals surface area contributed by atoms with Crippen molar-refractivity contribution in [2.75, 3.05) is 19.6 Å². The van der Waals surface area contributed by atoms with Crippen molar-refractivity contribution >= 4 is 18.0 Å².